The van der Waals surface area contributed by atoms with Gasteiger partial charge in [0.05, 0.1) is 56.7 Å². The Morgan fingerprint density at radius 2 is 2.15 bits per heavy atom. The van der Waals surface area contributed by atoms with Gasteiger partial charge in [-0.3, -0.25) is 4.79 Å². The van der Waals surface area contributed by atoms with Crippen LogP contribution in [0.1, 0.15) is 25.3 Å². The first-order valence-corrected chi connectivity index (χ1v) is 10.2. The first kappa shape index (κ1) is 19.5. The number of para-hydroxylation sites is 1. The van der Waals surface area contributed by atoms with Crippen LogP contribution in [-0.2, 0) is 4.79 Å². The van der Waals surface area contributed by atoms with Gasteiger partial charge in [-0.05, 0) is 30.3 Å². The zero-order valence-corrected chi connectivity index (χ0v) is 16.4. The Bertz CT molecular complexity index is 776. The third kappa shape index (κ3) is 5.12. The molecule has 0 radical (unpaired) electrons. The van der Waals surface area contributed by atoms with Crippen molar-refractivity contribution in [2.24, 2.45) is 4.99 Å². The third-order valence-corrected chi connectivity index (χ3v) is 5.65. The molecule has 1 N–H and O–H groups in total. The van der Waals surface area contributed by atoms with Gasteiger partial charge in [0.15, 0.2) is 5.17 Å². The summed E-state index contributed by atoms with van der Waals surface area (Å²) in [7, 11) is 0. The molecule has 7 heteroatoms. The molecule has 0 spiro atoms. The number of carbonyl (C=O) groups excluding carboxylic acids is 1. The van der Waals surface area contributed by atoms with Crippen LogP contribution in [0.25, 0.3) is 6.08 Å². The number of nitrogens with one attached hydrogen (secondary N) is 1. The molecule has 0 bridgehead atoms. The number of amidine groups is 1. The number of rotatable bonds is 6. The standard InChI is InChI=1S/C20H24N4O2S/c1-2-14-26-17-7-4-3-6-16(17)15-18-19(25)22-20(27-18)24-12-10-23(11-13-24)9-5-8-21/h3-4,6-7,15H,2,5,9-14H2,1H3/p+1/b18-15+. The Hall–Kier alpha value is -2.30. The predicted molar refractivity (Wildman–Crippen MR) is 108 cm³/mol. The van der Waals surface area contributed by atoms with Crippen LogP contribution in [0.4, 0.5) is 0 Å². The number of piperazine rings is 1. The molecular weight excluding hydrogens is 360 g/mol. The Kier molecular flexibility index (Phi) is 6.91. The second kappa shape index (κ2) is 9.58. The zero-order valence-electron chi connectivity index (χ0n) is 15.6. The minimum atomic E-state index is -0.181. The molecule has 0 aromatic heterocycles. The topological polar surface area (TPSA) is 70.1 Å². The van der Waals surface area contributed by atoms with Gasteiger partial charge >= 0.3 is 0 Å². The molecule has 3 rings (SSSR count). The van der Waals surface area contributed by atoms with Gasteiger partial charge in [0.1, 0.15) is 5.75 Å². The lowest BCUT2D eigenvalue weighted by Gasteiger charge is -2.32. The lowest BCUT2D eigenvalue weighted by molar-refractivity contribution is -0.903. The van der Waals surface area contributed by atoms with Gasteiger partial charge in [0.2, 0.25) is 0 Å². The Morgan fingerprint density at radius 3 is 2.89 bits per heavy atom. The molecule has 1 aromatic rings. The summed E-state index contributed by atoms with van der Waals surface area (Å²) in [5, 5.41) is 9.51. The summed E-state index contributed by atoms with van der Waals surface area (Å²) in [6.07, 6.45) is 3.41. The number of aliphatic imine (C=N–C) groups is 1. The Balaban J connectivity index is 1.63. The summed E-state index contributed by atoms with van der Waals surface area (Å²) in [5.41, 5.74) is 0.906. The molecule has 0 aliphatic carbocycles. The van der Waals surface area contributed by atoms with Crippen molar-refractivity contribution in [3.05, 3.63) is 34.7 Å². The molecule has 0 saturated carbocycles. The van der Waals surface area contributed by atoms with Crippen molar-refractivity contribution in [3.8, 4) is 11.8 Å². The number of carbonyl (C=O) groups is 1. The molecule has 2 aliphatic rings. The van der Waals surface area contributed by atoms with E-state index in [1.54, 1.807) is 0 Å². The van der Waals surface area contributed by atoms with Crippen LogP contribution in [0.3, 0.4) is 0 Å². The van der Waals surface area contributed by atoms with Gasteiger partial charge in [-0.2, -0.15) is 10.3 Å². The van der Waals surface area contributed by atoms with Gasteiger partial charge in [-0.25, -0.2) is 0 Å². The van der Waals surface area contributed by atoms with E-state index in [9.17, 15) is 4.79 Å². The lowest BCUT2D eigenvalue weighted by Crippen LogP contribution is -3.14. The molecule has 1 saturated heterocycles. The van der Waals surface area contributed by atoms with Crippen molar-refractivity contribution >= 4 is 28.9 Å². The maximum Gasteiger partial charge on any atom is 0.286 e. The van der Waals surface area contributed by atoms with Gasteiger partial charge in [0.25, 0.3) is 5.91 Å². The largest absolute Gasteiger partial charge is 0.493 e. The summed E-state index contributed by atoms with van der Waals surface area (Å²) >= 11 is 1.44. The first-order chi connectivity index (χ1) is 13.2. The monoisotopic (exact) mass is 385 g/mol. The number of hydrogen-bond donors (Lipinski definition) is 1. The van der Waals surface area contributed by atoms with E-state index in [0.29, 0.717) is 17.9 Å². The molecule has 27 heavy (non-hydrogen) atoms. The molecule has 0 atom stereocenters. The fraction of sp³-hybridized carbons (Fsp3) is 0.450. The molecule has 2 heterocycles. The van der Waals surface area contributed by atoms with E-state index in [1.165, 1.54) is 16.7 Å². The number of benzene rings is 1. The minimum Gasteiger partial charge on any atom is -0.493 e. The highest BCUT2D eigenvalue weighted by Crippen LogP contribution is 2.32. The van der Waals surface area contributed by atoms with Crippen molar-refractivity contribution in [1.29, 1.82) is 5.26 Å². The van der Waals surface area contributed by atoms with E-state index in [-0.39, 0.29) is 5.91 Å². The van der Waals surface area contributed by atoms with Crippen LogP contribution in [0, 0.1) is 11.3 Å². The van der Waals surface area contributed by atoms with E-state index in [2.05, 4.69) is 22.9 Å². The average molecular weight is 386 g/mol. The summed E-state index contributed by atoms with van der Waals surface area (Å²) < 4.78 is 5.78. The zero-order chi connectivity index (χ0) is 19.1. The van der Waals surface area contributed by atoms with E-state index in [0.717, 1.165) is 55.6 Å². The van der Waals surface area contributed by atoms with Crippen molar-refractivity contribution in [2.45, 2.75) is 19.8 Å². The maximum atomic E-state index is 12.4. The molecular formula is C20H25N4O2S+. The van der Waals surface area contributed by atoms with E-state index in [1.807, 2.05) is 30.3 Å². The molecule has 1 aromatic carbocycles. The van der Waals surface area contributed by atoms with Crippen molar-refractivity contribution < 1.29 is 14.4 Å². The smallest absolute Gasteiger partial charge is 0.286 e. The second-order valence-electron chi connectivity index (χ2n) is 6.59. The highest BCUT2D eigenvalue weighted by atomic mass is 32.2. The number of ether oxygens (including phenoxy) is 1. The highest BCUT2D eigenvalue weighted by Gasteiger charge is 2.29. The molecule has 0 unspecified atom stereocenters. The first-order valence-electron chi connectivity index (χ1n) is 9.41. The number of amides is 1. The number of nitrogens with zero attached hydrogens (tertiary/aromatic N) is 3. The van der Waals surface area contributed by atoms with Crippen LogP contribution in [0.5, 0.6) is 5.75 Å². The predicted octanol–water partition coefficient (Wildman–Crippen LogP) is 1.56. The number of quaternary nitrogens is 1. The van der Waals surface area contributed by atoms with Crippen molar-refractivity contribution in [3.63, 3.8) is 0 Å². The average Bonchev–Trinajstić information content (AvgIpc) is 3.06. The normalized spacial score (nSPS) is 19.3. The van der Waals surface area contributed by atoms with Crippen molar-refractivity contribution in [1.82, 2.24) is 4.90 Å². The highest BCUT2D eigenvalue weighted by molar-refractivity contribution is 8.18. The molecule has 1 fully saturated rings. The minimum absolute atomic E-state index is 0.181. The SMILES string of the molecule is CCCOc1ccccc1/C=C1/SC(N2CC[NH+](CCC#N)CC2)=NC1=O. The van der Waals surface area contributed by atoms with Gasteiger partial charge in [0, 0.05) is 5.56 Å². The van der Waals surface area contributed by atoms with Gasteiger partial charge < -0.3 is 14.5 Å². The summed E-state index contributed by atoms with van der Waals surface area (Å²) in [5.74, 6) is 0.614. The van der Waals surface area contributed by atoms with Gasteiger partial charge in [-0.1, -0.05) is 25.1 Å². The molecule has 6 nitrogen and oxygen atoms in total. The number of nitriles is 1. The van der Waals surface area contributed by atoms with E-state index in [4.69, 9.17) is 10.00 Å². The van der Waals surface area contributed by atoms with Crippen LogP contribution in [0.2, 0.25) is 0 Å². The van der Waals surface area contributed by atoms with E-state index >= 15 is 0 Å². The van der Waals surface area contributed by atoms with Gasteiger partial charge in [-0.15, -0.1) is 0 Å². The molecule has 2 aliphatic heterocycles. The third-order valence-electron chi connectivity index (χ3n) is 4.61. The van der Waals surface area contributed by atoms with Crippen LogP contribution < -0.4 is 9.64 Å². The summed E-state index contributed by atoms with van der Waals surface area (Å²) in [6.45, 7) is 7.29. The van der Waals surface area contributed by atoms with Crippen LogP contribution >= 0.6 is 11.8 Å². The van der Waals surface area contributed by atoms with Crippen LogP contribution in [0.15, 0.2) is 34.2 Å². The molecule has 142 valence electrons. The van der Waals surface area contributed by atoms with Crippen molar-refractivity contribution in [2.75, 3.05) is 39.3 Å². The number of thioether (sulfide) groups is 1. The Labute approximate surface area is 164 Å². The molecule has 1 amide bonds. The Morgan fingerprint density at radius 1 is 1.37 bits per heavy atom. The quantitative estimate of drug-likeness (QED) is 0.753. The number of hydrogen-bond acceptors (Lipinski definition) is 5. The second-order valence-corrected chi connectivity index (χ2v) is 7.60. The maximum absolute atomic E-state index is 12.4. The van der Waals surface area contributed by atoms with Crippen LogP contribution in [-0.4, -0.2) is 55.3 Å². The fourth-order valence-electron chi connectivity index (χ4n) is 3.11. The van der Waals surface area contributed by atoms with E-state index < -0.39 is 0 Å². The summed E-state index contributed by atoms with van der Waals surface area (Å²) in [4.78, 5) is 20.9. The fourth-order valence-corrected chi connectivity index (χ4v) is 4.07. The summed E-state index contributed by atoms with van der Waals surface area (Å²) in [6, 6.07) is 9.98. The lowest BCUT2D eigenvalue weighted by atomic mass is 10.2.